The Morgan fingerprint density at radius 2 is 1.70 bits per heavy atom. The number of unbranched alkanes of at least 4 members (excludes halogenated alkanes) is 1. The largest absolute Gasteiger partial charge is 0.494 e. The first-order valence-electron chi connectivity index (χ1n) is 9.79. The maximum atomic E-state index is 13.8. The van der Waals surface area contributed by atoms with Crippen molar-refractivity contribution in [3.05, 3.63) is 71.3 Å². The minimum atomic E-state index is -0.504. The van der Waals surface area contributed by atoms with E-state index < -0.39 is 5.82 Å². The number of ether oxygens (including phenoxy) is 2. The van der Waals surface area contributed by atoms with Crippen LogP contribution in [0.1, 0.15) is 41.5 Å². The molecule has 0 aliphatic carbocycles. The summed E-state index contributed by atoms with van der Waals surface area (Å²) in [5.74, 6) is -0.0248. The lowest BCUT2D eigenvalue weighted by Crippen LogP contribution is -2.15. The highest BCUT2D eigenvalue weighted by Crippen LogP contribution is 2.25. The van der Waals surface area contributed by atoms with E-state index in [2.05, 4.69) is 22.2 Å². The van der Waals surface area contributed by atoms with Crippen molar-refractivity contribution in [1.29, 1.82) is 0 Å². The summed E-state index contributed by atoms with van der Waals surface area (Å²) in [5.41, 5.74) is 2.01. The molecular weight excluding hydrogens is 385 g/mol. The zero-order chi connectivity index (χ0) is 21.5. The number of anilines is 1. The van der Waals surface area contributed by atoms with Crippen LogP contribution in [0.15, 0.2) is 48.5 Å². The molecule has 3 rings (SSSR count). The maximum absolute atomic E-state index is 13.8. The molecule has 0 spiro atoms. The number of nitrogens with one attached hydrogen (secondary N) is 1. The van der Waals surface area contributed by atoms with Crippen molar-refractivity contribution in [2.24, 2.45) is 0 Å². The summed E-state index contributed by atoms with van der Waals surface area (Å²) >= 11 is 0. The van der Waals surface area contributed by atoms with E-state index in [1.54, 1.807) is 50.2 Å². The molecule has 1 aromatic heterocycles. The molecule has 1 amide bonds. The van der Waals surface area contributed by atoms with Gasteiger partial charge in [-0.1, -0.05) is 25.5 Å². The van der Waals surface area contributed by atoms with Crippen LogP contribution >= 0.6 is 0 Å². The number of aryl methyl sites for hydroxylation is 2. The number of halogens is 1. The summed E-state index contributed by atoms with van der Waals surface area (Å²) < 4.78 is 24.8. The smallest absolute Gasteiger partial charge is 0.322 e. The maximum Gasteiger partial charge on any atom is 0.322 e. The minimum absolute atomic E-state index is 0.0154. The van der Waals surface area contributed by atoms with Crippen molar-refractivity contribution in [3.63, 3.8) is 0 Å². The van der Waals surface area contributed by atoms with Crippen LogP contribution < -0.4 is 14.8 Å². The quantitative estimate of drug-likeness (QED) is 0.501. The summed E-state index contributed by atoms with van der Waals surface area (Å²) in [5, 5.41) is 2.83. The lowest BCUT2D eigenvalue weighted by Gasteiger charge is -2.13. The first kappa shape index (κ1) is 21.2. The topological polar surface area (TPSA) is 73.3 Å². The van der Waals surface area contributed by atoms with Crippen LogP contribution in [-0.2, 0) is 0 Å². The fraction of sp³-hybridized carbons (Fsp3) is 0.261. The van der Waals surface area contributed by atoms with Crippen molar-refractivity contribution in [3.8, 4) is 17.5 Å². The molecule has 156 valence electrons. The van der Waals surface area contributed by atoms with E-state index in [4.69, 9.17) is 9.47 Å². The van der Waals surface area contributed by atoms with Gasteiger partial charge in [-0.25, -0.2) is 4.39 Å². The number of para-hydroxylation sites is 1. The molecule has 2 aromatic carbocycles. The van der Waals surface area contributed by atoms with Crippen LogP contribution in [0.25, 0.3) is 0 Å². The van der Waals surface area contributed by atoms with Crippen molar-refractivity contribution < 1.29 is 18.7 Å². The number of benzene rings is 2. The SMILES string of the molecule is CCCCOc1ccc(C(=O)Nc2c(C)nc(Oc3ccccc3F)nc2C)cc1. The number of carbonyl (C=O) groups excluding carboxylic acids is 1. The van der Waals surface area contributed by atoms with Crippen LogP contribution in [0.4, 0.5) is 10.1 Å². The van der Waals surface area contributed by atoms with Crippen LogP contribution in [-0.4, -0.2) is 22.5 Å². The Morgan fingerprint density at radius 3 is 2.33 bits per heavy atom. The molecule has 0 saturated heterocycles. The van der Waals surface area contributed by atoms with Gasteiger partial charge in [0, 0.05) is 5.56 Å². The van der Waals surface area contributed by atoms with Crippen LogP contribution in [0.3, 0.4) is 0 Å². The fourth-order valence-corrected chi connectivity index (χ4v) is 2.76. The van der Waals surface area contributed by atoms with E-state index in [9.17, 15) is 9.18 Å². The Kier molecular flexibility index (Phi) is 6.95. The molecule has 0 bridgehead atoms. The Bertz CT molecular complexity index is 999. The average Bonchev–Trinajstić information content (AvgIpc) is 2.73. The van der Waals surface area contributed by atoms with Crippen LogP contribution in [0, 0.1) is 19.7 Å². The number of carbonyl (C=O) groups is 1. The monoisotopic (exact) mass is 409 g/mol. The number of amides is 1. The van der Waals surface area contributed by atoms with Crippen molar-refractivity contribution in [2.45, 2.75) is 33.6 Å². The van der Waals surface area contributed by atoms with Gasteiger partial charge in [-0.15, -0.1) is 0 Å². The van der Waals surface area contributed by atoms with E-state index in [0.29, 0.717) is 29.2 Å². The Balaban J connectivity index is 1.70. The molecule has 7 heteroatoms. The standard InChI is InChI=1S/C23H24FN3O3/c1-4-5-14-29-18-12-10-17(11-13-18)22(28)27-21-15(2)25-23(26-16(21)3)30-20-9-7-6-8-19(20)24/h6-13H,4-5,14H2,1-3H3,(H,27,28). The van der Waals surface area contributed by atoms with Gasteiger partial charge in [0.15, 0.2) is 11.6 Å². The molecule has 0 aliphatic rings. The summed E-state index contributed by atoms with van der Waals surface area (Å²) in [6, 6.07) is 13.0. The highest BCUT2D eigenvalue weighted by atomic mass is 19.1. The van der Waals surface area contributed by atoms with Gasteiger partial charge in [-0.2, -0.15) is 9.97 Å². The van der Waals surface area contributed by atoms with Gasteiger partial charge in [0.1, 0.15) is 5.75 Å². The summed E-state index contributed by atoms with van der Waals surface area (Å²) in [6.45, 7) is 6.20. The molecule has 1 N–H and O–H groups in total. The zero-order valence-electron chi connectivity index (χ0n) is 17.2. The summed E-state index contributed by atoms with van der Waals surface area (Å²) in [4.78, 5) is 21.1. The third-order valence-electron chi connectivity index (χ3n) is 4.41. The number of aromatic nitrogens is 2. The molecule has 3 aromatic rings. The first-order valence-corrected chi connectivity index (χ1v) is 9.79. The van der Waals surface area contributed by atoms with Crippen molar-refractivity contribution in [2.75, 3.05) is 11.9 Å². The van der Waals surface area contributed by atoms with Gasteiger partial charge in [0.25, 0.3) is 5.91 Å². The Labute approximate surface area is 175 Å². The second-order valence-corrected chi connectivity index (χ2v) is 6.77. The number of hydrogen-bond donors (Lipinski definition) is 1. The normalized spacial score (nSPS) is 10.5. The number of hydrogen-bond acceptors (Lipinski definition) is 5. The first-order chi connectivity index (χ1) is 14.5. The number of nitrogens with zero attached hydrogens (tertiary/aromatic N) is 2. The predicted octanol–water partition coefficient (Wildman–Crippen LogP) is 5.46. The molecule has 0 fully saturated rings. The minimum Gasteiger partial charge on any atom is -0.494 e. The van der Waals surface area contributed by atoms with Gasteiger partial charge in [-0.05, 0) is 56.7 Å². The molecule has 0 atom stereocenters. The molecular formula is C23H24FN3O3. The molecule has 6 nitrogen and oxygen atoms in total. The average molecular weight is 409 g/mol. The van der Waals surface area contributed by atoms with E-state index in [1.165, 1.54) is 12.1 Å². The van der Waals surface area contributed by atoms with Gasteiger partial charge < -0.3 is 14.8 Å². The second-order valence-electron chi connectivity index (χ2n) is 6.77. The molecule has 0 aliphatic heterocycles. The number of rotatable bonds is 8. The molecule has 1 heterocycles. The molecule has 0 radical (unpaired) electrons. The summed E-state index contributed by atoms with van der Waals surface area (Å²) in [7, 11) is 0. The molecule has 0 unspecified atom stereocenters. The van der Waals surface area contributed by atoms with E-state index >= 15 is 0 Å². The van der Waals surface area contributed by atoms with Crippen molar-refractivity contribution >= 4 is 11.6 Å². The Hall–Kier alpha value is -3.48. The van der Waals surface area contributed by atoms with E-state index in [-0.39, 0.29) is 17.7 Å². The van der Waals surface area contributed by atoms with Gasteiger partial charge in [0.2, 0.25) is 0 Å². The third kappa shape index (κ3) is 5.31. The highest BCUT2D eigenvalue weighted by Gasteiger charge is 2.15. The van der Waals surface area contributed by atoms with Gasteiger partial charge in [0.05, 0.1) is 23.7 Å². The van der Waals surface area contributed by atoms with E-state index in [0.717, 1.165) is 18.6 Å². The lowest BCUT2D eigenvalue weighted by molar-refractivity contribution is 0.102. The fourth-order valence-electron chi connectivity index (χ4n) is 2.76. The van der Waals surface area contributed by atoms with E-state index in [1.807, 2.05) is 0 Å². The molecule has 30 heavy (non-hydrogen) atoms. The van der Waals surface area contributed by atoms with Gasteiger partial charge in [-0.3, -0.25) is 4.79 Å². The third-order valence-corrected chi connectivity index (χ3v) is 4.41. The van der Waals surface area contributed by atoms with Crippen LogP contribution in [0.2, 0.25) is 0 Å². The van der Waals surface area contributed by atoms with Gasteiger partial charge >= 0.3 is 6.01 Å². The van der Waals surface area contributed by atoms with Crippen LogP contribution in [0.5, 0.6) is 17.5 Å². The summed E-state index contributed by atoms with van der Waals surface area (Å²) in [6.07, 6.45) is 2.04. The Morgan fingerprint density at radius 1 is 1.03 bits per heavy atom. The highest BCUT2D eigenvalue weighted by molar-refractivity contribution is 6.04. The second kappa shape index (κ2) is 9.82. The van der Waals surface area contributed by atoms with Crippen molar-refractivity contribution in [1.82, 2.24) is 9.97 Å². The molecule has 0 saturated carbocycles. The lowest BCUT2D eigenvalue weighted by atomic mass is 10.2. The zero-order valence-corrected chi connectivity index (χ0v) is 17.2. The predicted molar refractivity (Wildman–Crippen MR) is 113 cm³/mol.